The minimum absolute atomic E-state index is 0.0258. The van der Waals surface area contributed by atoms with Gasteiger partial charge >= 0.3 is 6.03 Å². The highest BCUT2D eigenvalue weighted by Crippen LogP contribution is 2.16. The predicted molar refractivity (Wildman–Crippen MR) is 82.0 cm³/mol. The van der Waals surface area contributed by atoms with Crippen molar-refractivity contribution in [3.63, 3.8) is 0 Å². The number of carbonyl (C=O) groups is 3. The lowest BCUT2D eigenvalue weighted by Crippen LogP contribution is -2.57. The third-order valence-corrected chi connectivity index (χ3v) is 3.71. The lowest BCUT2D eigenvalue weighted by Gasteiger charge is -2.28. The Balaban J connectivity index is 1.60. The summed E-state index contributed by atoms with van der Waals surface area (Å²) in [4.78, 5) is 35.1. The zero-order valence-corrected chi connectivity index (χ0v) is 12.8. The number of carbonyl (C=O) groups excluding carboxylic acids is 3. The van der Waals surface area contributed by atoms with Crippen molar-refractivity contribution in [2.45, 2.75) is 19.4 Å². The van der Waals surface area contributed by atoms with Crippen molar-refractivity contribution in [2.24, 2.45) is 5.92 Å². The number of benzene rings is 1. The molecule has 2 heterocycles. The second kappa shape index (κ2) is 6.44. The minimum Gasteiger partial charge on any atom is -0.335 e. The lowest BCUT2D eigenvalue weighted by molar-refractivity contribution is -0.129. The first kappa shape index (κ1) is 15.6. The Labute approximate surface area is 136 Å². The van der Waals surface area contributed by atoms with E-state index in [2.05, 4.69) is 31.5 Å². The van der Waals surface area contributed by atoms with Crippen molar-refractivity contribution >= 4 is 23.5 Å². The summed E-state index contributed by atoms with van der Waals surface area (Å²) >= 11 is 0. The lowest BCUT2D eigenvalue weighted by atomic mass is 9.94. The van der Waals surface area contributed by atoms with Crippen LogP contribution in [0.3, 0.4) is 0 Å². The van der Waals surface area contributed by atoms with Crippen LogP contribution in [0.4, 0.5) is 10.5 Å². The Morgan fingerprint density at radius 1 is 1.29 bits per heavy atom. The predicted octanol–water partition coefficient (Wildman–Crippen LogP) is -0.165. The molecule has 2 atom stereocenters. The molecule has 3 rings (SSSR count). The van der Waals surface area contributed by atoms with Gasteiger partial charge in [-0.25, -0.2) is 9.48 Å². The SMILES string of the molecule is CC1NC(=O)NC(=O)C1CC(=O)Nc1ccc(-n2cnnn2)cc1. The van der Waals surface area contributed by atoms with E-state index in [0.29, 0.717) is 5.69 Å². The molecule has 2 unspecified atom stereocenters. The van der Waals surface area contributed by atoms with Crippen LogP contribution in [-0.2, 0) is 9.59 Å². The van der Waals surface area contributed by atoms with Crippen LogP contribution in [-0.4, -0.2) is 44.1 Å². The van der Waals surface area contributed by atoms with E-state index in [9.17, 15) is 14.4 Å². The maximum Gasteiger partial charge on any atom is 0.321 e. The molecule has 1 fully saturated rings. The van der Waals surface area contributed by atoms with Crippen molar-refractivity contribution in [2.75, 3.05) is 5.32 Å². The highest BCUT2D eigenvalue weighted by Gasteiger charge is 2.34. The second-order valence-corrected chi connectivity index (χ2v) is 5.41. The van der Waals surface area contributed by atoms with Gasteiger partial charge in [0.15, 0.2) is 0 Å². The van der Waals surface area contributed by atoms with Crippen LogP contribution in [0, 0.1) is 5.92 Å². The van der Waals surface area contributed by atoms with Crippen LogP contribution in [0.25, 0.3) is 5.69 Å². The van der Waals surface area contributed by atoms with Gasteiger partial charge in [0.05, 0.1) is 11.6 Å². The smallest absolute Gasteiger partial charge is 0.321 e. The van der Waals surface area contributed by atoms with Crippen molar-refractivity contribution in [3.05, 3.63) is 30.6 Å². The number of imide groups is 1. The summed E-state index contributed by atoms with van der Waals surface area (Å²) in [5, 5.41) is 18.3. The van der Waals surface area contributed by atoms with Crippen LogP contribution >= 0.6 is 0 Å². The summed E-state index contributed by atoms with van der Waals surface area (Å²) in [6, 6.07) is 5.98. The maximum absolute atomic E-state index is 12.1. The fourth-order valence-electron chi connectivity index (χ4n) is 2.43. The molecule has 0 spiro atoms. The second-order valence-electron chi connectivity index (χ2n) is 5.41. The average Bonchev–Trinajstić information content (AvgIpc) is 3.06. The molecule has 1 aliphatic heterocycles. The zero-order chi connectivity index (χ0) is 17.1. The van der Waals surface area contributed by atoms with Gasteiger partial charge in [-0.1, -0.05) is 0 Å². The molecule has 0 aliphatic carbocycles. The van der Waals surface area contributed by atoms with E-state index < -0.39 is 23.9 Å². The van der Waals surface area contributed by atoms with Crippen molar-refractivity contribution < 1.29 is 14.4 Å². The number of anilines is 1. The fourth-order valence-corrected chi connectivity index (χ4v) is 2.43. The number of amides is 4. The van der Waals surface area contributed by atoms with Gasteiger partial charge in [0.1, 0.15) is 6.33 Å². The number of rotatable bonds is 4. The van der Waals surface area contributed by atoms with Crippen molar-refractivity contribution in [1.82, 2.24) is 30.8 Å². The summed E-state index contributed by atoms with van der Waals surface area (Å²) in [6.45, 7) is 1.69. The molecular weight excluding hydrogens is 314 g/mol. The van der Waals surface area contributed by atoms with E-state index in [-0.39, 0.29) is 12.3 Å². The highest BCUT2D eigenvalue weighted by molar-refractivity contribution is 6.01. The summed E-state index contributed by atoms with van der Waals surface area (Å²) in [5.74, 6) is -1.37. The monoisotopic (exact) mass is 329 g/mol. The van der Waals surface area contributed by atoms with Gasteiger partial charge in [0.2, 0.25) is 11.8 Å². The van der Waals surface area contributed by atoms with E-state index in [0.717, 1.165) is 5.69 Å². The van der Waals surface area contributed by atoms with E-state index in [1.165, 1.54) is 11.0 Å². The van der Waals surface area contributed by atoms with Gasteiger partial charge < -0.3 is 10.6 Å². The van der Waals surface area contributed by atoms with Gasteiger partial charge in [0.25, 0.3) is 0 Å². The molecule has 1 aliphatic rings. The molecule has 1 aromatic heterocycles. The Morgan fingerprint density at radius 2 is 2.04 bits per heavy atom. The number of tetrazole rings is 1. The number of hydrogen-bond donors (Lipinski definition) is 3. The molecule has 3 N–H and O–H groups in total. The molecule has 1 saturated heterocycles. The zero-order valence-electron chi connectivity index (χ0n) is 12.8. The van der Waals surface area contributed by atoms with E-state index in [1.807, 2.05) is 0 Å². The third-order valence-electron chi connectivity index (χ3n) is 3.71. The maximum atomic E-state index is 12.1. The summed E-state index contributed by atoms with van der Waals surface area (Å²) in [5.41, 5.74) is 1.34. The van der Waals surface area contributed by atoms with Gasteiger partial charge in [-0.05, 0) is 41.6 Å². The minimum atomic E-state index is -0.608. The molecule has 10 heteroatoms. The molecule has 0 bridgehead atoms. The van der Waals surface area contributed by atoms with E-state index in [4.69, 9.17) is 0 Å². The molecular formula is C14H15N7O3. The third kappa shape index (κ3) is 3.37. The van der Waals surface area contributed by atoms with Crippen molar-refractivity contribution in [3.8, 4) is 5.69 Å². The summed E-state index contributed by atoms with van der Waals surface area (Å²) < 4.78 is 1.49. The van der Waals surface area contributed by atoms with Crippen LogP contribution in [0.15, 0.2) is 30.6 Å². The number of urea groups is 1. The number of nitrogens with zero attached hydrogens (tertiary/aromatic N) is 4. The van der Waals surface area contributed by atoms with E-state index in [1.54, 1.807) is 31.2 Å². The number of nitrogens with one attached hydrogen (secondary N) is 3. The van der Waals surface area contributed by atoms with Crippen LogP contribution < -0.4 is 16.0 Å². The molecule has 10 nitrogen and oxygen atoms in total. The normalized spacial score (nSPS) is 20.2. The fraction of sp³-hybridized carbons (Fsp3) is 0.286. The largest absolute Gasteiger partial charge is 0.335 e. The van der Waals surface area contributed by atoms with Crippen molar-refractivity contribution in [1.29, 1.82) is 0 Å². The van der Waals surface area contributed by atoms with Crippen LogP contribution in [0.1, 0.15) is 13.3 Å². The Bertz CT molecular complexity index is 757. The molecule has 4 amide bonds. The highest BCUT2D eigenvalue weighted by atomic mass is 16.2. The topological polar surface area (TPSA) is 131 Å². The first-order valence-corrected chi connectivity index (χ1v) is 7.27. The van der Waals surface area contributed by atoms with E-state index >= 15 is 0 Å². The first-order valence-electron chi connectivity index (χ1n) is 7.27. The quantitative estimate of drug-likeness (QED) is 0.714. The molecule has 124 valence electrons. The molecule has 1 aromatic carbocycles. The van der Waals surface area contributed by atoms with Gasteiger partial charge in [0, 0.05) is 18.2 Å². The summed E-state index contributed by atoms with van der Waals surface area (Å²) in [6.07, 6.45) is 1.44. The van der Waals surface area contributed by atoms with Crippen LogP contribution in [0.5, 0.6) is 0 Å². The Morgan fingerprint density at radius 3 is 2.67 bits per heavy atom. The molecule has 0 saturated carbocycles. The van der Waals surface area contributed by atoms with Crippen LogP contribution in [0.2, 0.25) is 0 Å². The average molecular weight is 329 g/mol. The van der Waals surface area contributed by atoms with Gasteiger partial charge in [-0.2, -0.15) is 0 Å². The standard InChI is InChI=1S/C14H15N7O3/c1-8-11(13(23)18-14(24)16-8)6-12(22)17-9-2-4-10(5-3-9)21-7-15-19-20-21/h2-5,7-8,11H,6H2,1H3,(H,17,22)(H2,16,18,23,24). The molecule has 2 aromatic rings. The number of hydrogen-bond acceptors (Lipinski definition) is 6. The molecule has 24 heavy (non-hydrogen) atoms. The first-order chi connectivity index (χ1) is 11.5. The summed E-state index contributed by atoms with van der Waals surface area (Å²) in [7, 11) is 0. The molecule has 0 radical (unpaired) electrons. The van der Waals surface area contributed by atoms with Gasteiger partial charge in [-0.15, -0.1) is 5.10 Å². The Kier molecular flexibility index (Phi) is 4.18. The Hall–Kier alpha value is -3.30. The van der Waals surface area contributed by atoms with Gasteiger partial charge in [-0.3, -0.25) is 14.9 Å². The number of aromatic nitrogens is 4.